The van der Waals surface area contributed by atoms with E-state index in [2.05, 4.69) is 61.7 Å². The van der Waals surface area contributed by atoms with Crippen molar-refractivity contribution in [3.8, 4) is 11.1 Å². The van der Waals surface area contributed by atoms with Crippen LogP contribution in [0.5, 0.6) is 0 Å². The van der Waals surface area contributed by atoms with Gasteiger partial charge >= 0.3 is 0 Å². The van der Waals surface area contributed by atoms with Gasteiger partial charge in [-0.25, -0.2) is 0 Å². The molecule has 0 unspecified atom stereocenters. The Bertz CT molecular complexity index is 481. The van der Waals surface area contributed by atoms with Crippen LogP contribution >= 0.6 is 0 Å². The predicted molar refractivity (Wildman–Crippen MR) is 67.5 cm³/mol. The Labute approximate surface area is 96.9 Å². The first kappa shape index (κ1) is 10.9. The minimum absolute atomic E-state index is 0.413. The van der Waals surface area contributed by atoms with Crippen molar-refractivity contribution < 1.29 is 0 Å². The first-order chi connectivity index (χ1) is 7.61. The van der Waals surface area contributed by atoms with Gasteiger partial charge in [0, 0.05) is 17.3 Å². The van der Waals surface area contributed by atoms with Crippen LogP contribution in [-0.4, -0.2) is 9.78 Å². The van der Waals surface area contributed by atoms with Crippen molar-refractivity contribution in [2.75, 3.05) is 0 Å². The molecule has 0 fully saturated rings. The molecule has 0 saturated carbocycles. The molecule has 0 saturated heterocycles. The van der Waals surface area contributed by atoms with Gasteiger partial charge in [-0.05, 0) is 33.3 Å². The molecule has 2 rings (SSSR count). The molecule has 1 aromatic heterocycles. The molecule has 0 aliphatic heterocycles. The molecule has 2 aromatic rings. The van der Waals surface area contributed by atoms with Crippen molar-refractivity contribution in [1.82, 2.24) is 9.78 Å². The van der Waals surface area contributed by atoms with E-state index in [0.29, 0.717) is 6.04 Å². The van der Waals surface area contributed by atoms with Crippen LogP contribution in [0.4, 0.5) is 0 Å². The maximum absolute atomic E-state index is 4.60. The Kier molecular flexibility index (Phi) is 2.82. The van der Waals surface area contributed by atoms with E-state index in [-0.39, 0.29) is 0 Å². The Morgan fingerprint density at radius 2 is 1.69 bits per heavy atom. The largest absolute Gasteiger partial charge is 0.266 e. The Morgan fingerprint density at radius 1 is 1.06 bits per heavy atom. The lowest BCUT2D eigenvalue weighted by Crippen LogP contribution is -2.04. The standard InChI is InChI=1S/C14H18N2/c1-10(2)16-12(4)14(11(3)15-16)13-8-6-5-7-9-13/h5-10H,1-4H3. The van der Waals surface area contributed by atoms with Crippen LogP contribution in [0.1, 0.15) is 31.3 Å². The smallest absolute Gasteiger partial charge is 0.0675 e. The van der Waals surface area contributed by atoms with Crippen molar-refractivity contribution in [3.05, 3.63) is 41.7 Å². The summed E-state index contributed by atoms with van der Waals surface area (Å²) < 4.78 is 2.09. The molecule has 0 N–H and O–H groups in total. The maximum atomic E-state index is 4.60. The van der Waals surface area contributed by atoms with Crippen molar-refractivity contribution in [3.63, 3.8) is 0 Å². The van der Waals surface area contributed by atoms with Gasteiger partial charge in [-0.1, -0.05) is 30.3 Å². The third-order valence-corrected chi connectivity index (χ3v) is 2.88. The number of aryl methyl sites for hydroxylation is 1. The topological polar surface area (TPSA) is 17.8 Å². The monoisotopic (exact) mass is 214 g/mol. The first-order valence-corrected chi connectivity index (χ1v) is 5.72. The zero-order valence-corrected chi connectivity index (χ0v) is 10.4. The van der Waals surface area contributed by atoms with E-state index in [1.165, 1.54) is 16.8 Å². The molecule has 2 heteroatoms. The highest BCUT2D eigenvalue weighted by atomic mass is 15.3. The highest BCUT2D eigenvalue weighted by Crippen LogP contribution is 2.27. The van der Waals surface area contributed by atoms with Gasteiger partial charge in [0.2, 0.25) is 0 Å². The zero-order valence-electron chi connectivity index (χ0n) is 10.4. The van der Waals surface area contributed by atoms with Crippen LogP contribution in [-0.2, 0) is 0 Å². The van der Waals surface area contributed by atoms with Crippen molar-refractivity contribution in [2.45, 2.75) is 33.7 Å². The number of rotatable bonds is 2. The fraction of sp³-hybridized carbons (Fsp3) is 0.357. The van der Waals surface area contributed by atoms with Gasteiger partial charge in [0.05, 0.1) is 5.69 Å². The summed E-state index contributed by atoms with van der Waals surface area (Å²) in [7, 11) is 0. The van der Waals surface area contributed by atoms with Gasteiger partial charge in [-0.3, -0.25) is 4.68 Å². The van der Waals surface area contributed by atoms with Gasteiger partial charge in [-0.15, -0.1) is 0 Å². The molecule has 0 spiro atoms. The molecule has 0 bridgehead atoms. The second-order valence-corrected chi connectivity index (χ2v) is 4.45. The highest BCUT2D eigenvalue weighted by Gasteiger charge is 2.14. The second kappa shape index (κ2) is 4.12. The summed E-state index contributed by atoms with van der Waals surface area (Å²) in [6.45, 7) is 8.54. The van der Waals surface area contributed by atoms with E-state index >= 15 is 0 Å². The molecule has 1 heterocycles. The normalized spacial score (nSPS) is 11.1. The molecule has 0 aliphatic carbocycles. The van der Waals surface area contributed by atoms with Crippen LogP contribution in [0, 0.1) is 13.8 Å². The summed E-state index contributed by atoms with van der Waals surface area (Å²) in [6, 6.07) is 10.9. The number of aromatic nitrogens is 2. The van der Waals surface area contributed by atoms with Gasteiger partial charge in [-0.2, -0.15) is 5.10 Å². The van der Waals surface area contributed by atoms with Crippen molar-refractivity contribution >= 4 is 0 Å². The molecular formula is C14H18N2. The summed E-state index contributed by atoms with van der Waals surface area (Å²) in [4.78, 5) is 0. The molecule has 84 valence electrons. The Balaban J connectivity index is 2.58. The molecule has 0 amide bonds. The third kappa shape index (κ3) is 1.75. The van der Waals surface area contributed by atoms with Gasteiger partial charge in [0.15, 0.2) is 0 Å². The summed E-state index contributed by atoms with van der Waals surface area (Å²) in [5.74, 6) is 0. The summed E-state index contributed by atoms with van der Waals surface area (Å²) in [5.41, 5.74) is 4.88. The number of nitrogens with zero attached hydrogens (tertiary/aromatic N) is 2. The molecule has 2 nitrogen and oxygen atoms in total. The van der Waals surface area contributed by atoms with Gasteiger partial charge < -0.3 is 0 Å². The molecular weight excluding hydrogens is 196 g/mol. The Morgan fingerprint density at radius 3 is 2.19 bits per heavy atom. The lowest BCUT2D eigenvalue weighted by Gasteiger charge is -2.08. The quantitative estimate of drug-likeness (QED) is 0.744. The fourth-order valence-electron chi connectivity index (χ4n) is 2.19. The summed E-state index contributed by atoms with van der Waals surface area (Å²) >= 11 is 0. The van der Waals surface area contributed by atoms with E-state index in [0.717, 1.165) is 5.69 Å². The average molecular weight is 214 g/mol. The summed E-state index contributed by atoms with van der Waals surface area (Å²) in [6.07, 6.45) is 0. The van der Waals surface area contributed by atoms with Crippen LogP contribution in [0.25, 0.3) is 11.1 Å². The van der Waals surface area contributed by atoms with E-state index in [1.807, 2.05) is 6.07 Å². The predicted octanol–water partition coefficient (Wildman–Crippen LogP) is 3.75. The van der Waals surface area contributed by atoms with Crippen LogP contribution in [0.2, 0.25) is 0 Å². The van der Waals surface area contributed by atoms with E-state index < -0.39 is 0 Å². The first-order valence-electron chi connectivity index (χ1n) is 5.72. The number of hydrogen-bond acceptors (Lipinski definition) is 1. The minimum atomic E-state index is 0.413. The van der Waals surface area contributed by atoms with E-state index in [9.17, 15) is 0 Å². The van der Waals surface area contributed by atoms with Crippen molar-refractivity contribution in [1.29, 1.82) is 0 Å². The van der Waals surface area contributed by atoms with Gasteiger partial charge in [0.25, 0.3) is 0 Å². The average Bonchev–Trinajstić information content (AvgIpc) is 2.56. The third-order valence-electron chi connectivity index (χ3n) is 2.88. The van der Waals surface area contributed by atoms with E-state index in [1.54, 1.807) is 0 Å². The van der Waals surface area contributed by atoms with E-state index in [4.69, 9.17) is 0 Å². The minimum Gasteiger partial charge on any atom is -0.266 e. The Hall–Kier alpha value is -1.57. The van der Waals surface area contributed by atoms with Crippen LogP contribution in [0.15, 0.2) is 30.3 Å². The lowest BCUT2D eigenvalue weighted by molar-refractivity contribution is 0.516. The molecule has 1 aromatic carbocycles. The van der Waals surface area contributed by atoms with Crippen molar-refractivity contribution in [2.24, 2.45) is 0 Å². The molecule has 0 atom stereocenters. The molecule has 16 heavy (non-hydrogen) atoms. The number of hydrogen-bond donors (Lipinski definition) is 0. The summed E-state index contributed by atoms with van der Waals surface area (Å²) in [5, 5.41) is 4.60. The number of benzene rings is 1. The molecule has 0 radical (unpaired) electrons. The van der Waals surface area contributed by atoms with Crippen LogP contribution < -0.4 is 0 Å². The van der Waals surface area contributed by atoms with Crippen LogP contribution in [0.3, 0.4) is 0 Å². The lowest BCUT2D eigenvalue weighted by atomic mass is 10.0. The highest BCUT2D eigenvalue weighted by molar-refractivity contribution is 5.68. The van der Waals surface area contributed by atoms with Gasteiger partial charge in [0.1, 0.15) is 0 Å². The molecule has 0 aliphatic rings. The maximum Gasteiger partial charge on any atom is 0.0675 e. The fourth-order valence-corrected chi connectivity index (χ4v) is 2.19. The zero-order chi connectivity index (χ0) is 11.7. The second-order valence-electron chi connectivity index (χ2n) is 4.45. The SMILES string of the molecule is Cc1nn(C(C)C)c(C)c1-c1ccccc1.